The van der Waals surface area contributed by atoms with Crippen LogP contribution >= 0.6 is 11.6 Å². The smallest absolute Gasteiger partial charge is 0.305 e. The first kappa shape index (κ1) is 26.6. The zero-order valence-electron chi connectivity index (χ0n) is 19.8. The number of halogens is 1. The van der Waals surface area contributed by atoms with E-state index in [4.69, 9.17) is 11.6 Å². The summed E-state index contributed by atoms with van der Waals surface area (Å²) < 4.78 is 1.42. The number of nitrogens with one attached hydrogen (secondary N) is 1. The minimum atomic E-state index is -1.34. The Morgan fingerprint density at radius 1 is 1.06 bits per heavy atom. The number of carbonyl (C=O) groups is 3. The number of aromatic nitrogens is 2. The Morgan fingerprint density at radius 3 is 2.36 bits per heavy atom. The van der Waals surface area contributed by atoms with E-state index in [9.17, 15) is 24.3 Å². The highest BCUT2D eigenvalue weighted by Crippen LogP contribution is 2.17. The van der Waals surface area contributed by atoms with Crippen LogP contribution in [-0.2, 0) is 9.59 Å². The van der Waals surface area contributed by atoms with Crippen molar-refractivity contribution in [3.05, 3.63) is 87.9 Å². The van der Waals surface area contributed by atoms with Gasteiger partial charge in [-0.25, -0.2) is 4.98 Å². The van der Waals surface area contributed by atoms with E-state index in [2.05, 4.69) is 10.3 Å². The zero-order chi connectivity index (χ0) is 26.2. The fraction of sp³-hybridized carbons (Fsp3) is 0.240. The number of carboxylic acid groups (broad SMARTS) is 1. The van der Waals surface area contributed by atoms with Crippen molar-refractivity contribution in [3.63, 3.8) is 0 Å². The molecule has 0 unspecified atom stereocenters. The largest absolute Gasteiger partial charge is 0.481 e. The summed E-state index contributed by atoms with van der Waals surface area (Å²) in [6.45, 7) is 0.692. The quantitative estimate of drug-likeness (QED) is 0.427. The standard InChI is InChI=1S/C25H26ClN5O5/c1-29(2)13-14-31(21-11-8-18(26)16-27-21)25(36)20(15-23(33)34)28-24(35)17-6-9-19(10-7-17)30-12-4-3-5-22(30)32/h3-12,16,20H,13-15H2,1-2H3,(H,28,35)(H,33,34)/t20-/m0/s1. The number of nitrogens with zero attached hydrogens (tertiary/aromatic N) is 4. The maximum atomic E-state index is 13.4. The zero-order valence-corrected chi connectivity index (χ0v) is 20.6. The number of carbonyl (C=O) groups excluding carboxylic acids is 2. The highest BCUT2D eigenvalue weighted by atomic mass is 35.5. The van der Waals surface area contributed by atoms with E-state index >= 15 is 0 Å². The van der Waals surface area contributed by atoms with Crippen LogP contribution in [0, 0.1) is 0 Å². The van der Waals surface area contributed by atoms with E-state index in [0.29, 0.717) is 17.3 Å². The van der Waals surface area contributed by atoms with E-state index in [1.165, 1.54) is 33.9 Å². The predicted molar refractivity (Wildman–Crippen MR) is 136 cm³/mol. The van der Waals surface area contributed by atoms with E-state index < -0.39 is 30.2 Å². The summed E-state index contributed by atoms with van der Waals surface area (Å²) in [5.74, 6) is -2.20. The average molecular weight is 512 g/mol. The number of amides is 2. The van der Waals surface area contributed by atoms with Gasteiger partial charge in [-0.3, -0.25) is 28.6 Å². The van der Waals surface area contributed by atoms with Crippen LogP contribution in [0.4, 0.5) is 5.82 Å². The number of hydrogen-bond donors (Lipinski definition) is 2. The molecule has 0 radical (unpaired) electrons. The van der Waals surface area contributed by atoms with Gasteiger partial charge in [0.1, 0.15) is 11.9 Å². The normalized spacial score (nSPS) is 11.7. The van der Waals surface area contributed by atoms with Gasteiger partial charge in [0.15, 0.2) is 0 Å². The number of likely N-dealkylation sites (N-methyl/N-ethyl adjacent to an activating group) is 1. The molecule has 0 fully saturated rings. The van der Waals surface area contributed by atoms with Gasteiger partial charge in [-0.15, -0.1) is 0 Å². The van der Waals surface area contributed by atoms with Crippen LogP contribution in [0.25, 0.3) is 5.69 Å². The van der Waals surface area contributed by atoms with E-state index in [-0.39, 0.29) is 23.5 Å². The molecule has 11 heteroatoms. The fourth-order valence-electron chi connectivity index (χ4n) is 3.38. The second-order valence-corrected chi connectivity index (χ2v) is 8.64. The van der Waals surface area contributed by atoms with E-state index in [0.717, 1.165) is 0 Å². The molecule has 1 aromatic carbocycles. The predicted octanol–water partition coefficient (Wildman–Crippen LogP) is 2.05. The molecule has 10 nitrogen and oxygen atoms in total. The fourth-order valence-corrected chi connectivity index (χ4v) is 3.50. The molecular weight excluding hydrogens is 486 g/mol. The van der Waals surface area contributed by atoms with Gasteiger partial charge in [0.05, 0.1) is 11.4 Å². The lowest BCUT2D eigenvalue weighted by Crippen LogP contribution is -2.51. The Bertz CT molecular complexity index is 1280. The van der Waals surface area contributed by atoms with Crippen molar-refractivity contribution in [1.29, 1.82) is 0 Å². The summed E-state index contributed by atoms with van der Waals surface area (Å²) in [6.07, 6.45) is 2.37. The van der Waals surface area contributed by atoms with Crippen molar-refractivity contribution in [3.8, 4) is 5.69 Å². The Labute approximate surface area is 212 Å². The molecule has 3 aromatic rings. The van der Waals surface area contributed by atoms with Gasteiger partial charge in [0, 0.05) is 42.8 Å². The van der Waals surface area contributed by atoms with Crippen molar-refractivity contribution in [2.45, 2.75) is 12.5 Å². The average Bonchev–Trinajstić information content (AvgIpc) is 2.84. The Morgan fingerprint density at radius 2 is 1.78 bits per heavy atom. The van der Waals surface area contributed by atoms with Gasteiger partial charge in [-0.05, 0) is 56.6 Å². The molecule has 2 amide bonds. The number of carboxylic acids is 1. The molecule has 2 heterocycles. The molecule has 0 aliphatic rings. The molecule has 0 bridgehead atoms. The lowest BCUT2D eigenvalue weighted by Gasteiger charge is -2.27. The molecule has 36 heavy (non-hydrogen) atoms. The van der Waals surface area contributed by atoms with E-state index in [1.54, 1.807) is 42.6 Å². The Hall–Kier alpha value is -4.02. The summed E-state index contributed by atoms with van der Waals surface area (Å²) >= 11 is 5.92. The van der Waals surface area contributed by atoms with Crippen molar-refractivity contribution in [1.82, 2.24) is 19.8 Å². The van der Waals surface area contributed by atoms with Crippen LogP contribution in [0.3, 0.4) is 0 Å². The summed E-state index contributed by atoms with van der Waals surface area (Å²) in [6, 6.07) is 12.7. The summed E-state index contributed by atoms with van der Waals surface area (Å²) in [5, 5.41) is 12.3. The van der Waals surface area contributed by atoms with Gasteiger partial charge in [-0.1, -0.05) is 17.7 Å². The number of hydrogen-bond acceptors (Lipinski definition) is 6. The van der Waals surface area contributed by atoms with Crippen LogP contribution in [0.5, 0.6) is 0 Å². The molecule has 0 saturated carbocycles. The minimum absolute atomic E-state index is 0.204. The second-order valence-electron chi connectivity index (χ2n) is 8.21. The molecular formula is C25H26ClN5O5. The van der Waals surface area contributed by atoms with Crippen molar-refractivity contribution in [2.24, 2.45) is 0 Å². The SMILES string of the molecule is CN(C)CCN(C(=O)[C@H](CC(=O)O)NC(=O)c1ccc(-n2ccccc2=O)cc1)c1ccc(Cl)cn1. The van der Waals surface area contributed by atoms with Crippen LogP contribution < -0.4 is 15.8 Å². The summed E-state index contributed by atoms with van der Waals surface area (Å²) in [4.78, 5) is 57.3. The van der Waals surface area contributed by atoms with Crippen molar-refractivity contribution < 1.29 is 19.5 Å². The van der Waals surface area contributed by atoms with Gasteiger partial charge >= 0.3 is 5.97 Å². The minimum Gasteiger partial charge on any atom is -0.481 e. The molecule has 0 aliphatic carbocycles. The first-order valence-electron chi connectivity index (χ1n) is 11.0. The first-order chi connectivity index (χ1) is 17.2. The Balaban J connectivity index is 1.83. The van der Waals surface area contributed by atoms with Gasteiger partial charge in [0.2, 0.25) is 0 Å². The third-order valence-electron chi connectivity index (χ3n) is 5.24. The van der Waals surface area contributed by atoms with E-state index in [1.807, 2.05) is 19.0 Å². The van der Waals surface area contributed by atoms with Crippen LogP contribution in [0.1, 0.15) is 16.8 Å². The Kier molecular flexibility index (Phi) is 8.93. The van der Waals surface area contributed by atoms with Crippen LogP contribution in [0.15, 0.2) is 71.8 Å². The molecule has 0 saturated heterocycles. The molecule has 0 spiro atoms. The molecule has 0 aliphatic heterocycles. The van der Waals surface area contributed by atoms with Crippen molar-refractivity contribution >= 4 is 35.2 Å². The summed E-state index contributed by atoms with van der Waals surface area (Å²) in [5.41, 5.74) is 0.532. The summed E-state index contributed by atoms with van der Waals surface area (Å²) in [7, 11) is 3.67. The number of pyridine rings is 2. The monoisotopic (exact) mass is 511 g/mol. The molecule has 188 valence electrons. The number of anilines is 1. The first-order valence-corrected chi connectivity index (χ1v) is 11.4. The lowest BCUT2D eigenvalue weighted by atomic mass is 10.1. The third kappa shape index (κ3) is 7.00. The highest BCUT2D eigenvalue weighted by Gasteiger charge is 2.30. The van der Waals surface area contributed by atoms with Gasteiger partial charge in [0.25, 0.3) is 17.4 Å². The number of rotatable bonds is 10. The molecule has 2 N–H and O–H groups in total. The third-order valence-corrected chi connectivity index (χ3v) is 5.46. The lowest BCUT2D eigenvalue weighted by molar-refractivity contribution is -0.139. The van der Waals surface area contributed by atoms with Crippen LogP contribution in [0.2, 0.25) is 5.02 Å². The molecule has 1 atom stereocenters. The van der Waals surface area contributed by atoms with Gasteiger partial charge in [-0.2, -0.15) is 0 Å². The van der Waals surface area contributed by atoms with Crippen LogP contribution in [-0.4, -0.2) is 70.6 Å². The molecule has 3 rings (SSSR count). The number of aliphatic carboxylic acids is 1. The molecule has 2 aromatic heterocycles. The maximum Gasteiger partial charge on any atom is 0.305 e. The highest BCUT2D eigenvalue weighted by molar-refractivity contribution is 6.30. The maximum absolute atomic E-state index is 13.4. The van der Waals surface area contributed by atoms with Crippen molar-refractivity contribution in [2.75, 3.05) is 32.1 Å². The van der Waals surface area contributed by atoms with Gasteiger partial charge < -0.3 is 15.3 Å². The number of benzene rings is 1. The topological polar surface area (TPSA) is 125 Å². The second kappa shape index (κ2) is 12.1.